The molecule has 5 rings (SSSR count). The molecule has 2 saturated heterocycles. The molecule has 2 heterocycles. The molecule has 5 nitrogen and oxygen atoms in total. The summed E-state index contributed by atoms with van der Waals surface area (Å²) in [5, 5.41) is 3.16. The van der Waals surface area contributed by atoms with Crippen molar-refractivity contribution in [3.63, 3.8) is 0 Å². The Kier molecular flexibility index (Phi) is 5.10. The zero-order chi connectivity index (χ0) is 19.8. The van der Waals surface area contributed by atoms with Crippen LogP contribution >= 0.6 is 0 Å². The standard InChI is InChI=1S/C24H33N3O2/c28-22-16-25-10-12-27(22)21-7-4-11-26(17-21)23(29)24(14-18-5-2-1-3-6-18)15-19-8-9-20(24)13-19/h1-3,5-6,19-21,25H,4,7-17H2. The highest BCUT2D eigenvalue weighted by Crippen LogP contribution is 2.58. The van der Waals surface area contributed by atoms with E-state index >= 15 is 0 Å². The normalized spacial score (nSPS) is 34.6. The minimum atomic E-state index is -0.223. The van der Waals surface area contributed by atoms with Crippen LogP contribution in [0.1, 0.15) is 44.1 Å². The van der Waals surface area contributed by atoms with Gasteiger partial charge in [0.2, 0.25) is 11.8 Å². The van der Waals surface area contributed by atoms with E-state index in [-0.39, 0.29) is 17.4 Å². The molecular formula is C24H33N3O2. The second kappa shape index (κ2) is 7.75. The van der Waals surface area contributed by atoms with Crippen molar-refractivity contribution in [2.75, 3.05) is 32.7 Å². The number of nitrogens with zero attached hydrogens (tertiary/aromatic N) is 2. The first-order valence-corrected chi connectivity index (χ1v) is 11.5. The lowest BCUT2D eigenvalue weighted by atomic mass is 9.68. The molecule has 5 heteroatoms. The molecule has 1 aromatic carbocycles. The number of likely N-dealkylation sites (tertiary alicyclic amines) is 1. The molecule has 2 bridgehead atoms. The van der Waals surface area contributed by atoms with Gasteiger partial charge in [0.05, 0.1) is 12.0 Å². The van der Waals surface area contributed by atoms with Crippen LogP contribution in [0.15, 0.2) is 30.3 Å². The van der Waals surface area contributed by atoms with Crippen LogP contribution in [0.4, 0.5) is 0 Å². The number of carbonyl (C=O) groups excluding carboxylic acids is 2. The van der Waals surface area contributed by atoms with E-state index in [1.165, 1.54) is 24.8 Å². The van der Waals surface area contributed by atoms with E-state index < -0.39 is 0 Å². The molecule has 4 aliphatic rings. The topological polar surface area (TPSA) is 52.7 Å². The Labute approximate surface area is 173 Å². The number of amides is 2. The van der Waals surface area contributed by atoms with Gasteiger partial charge in [-0.15, -0.1) is 0 Å². The molecule has 2 aliphatic heterocycles. The maximum absolute atomic E-state index is 14.0. The molecule has 0 spiro atoms. The summed E-state index contributed by atoms with van der Waals surface area (Å²) in [7, 11) is 0. The average Bonchev–Trinajstić information content (AvgIpc) is 3.36. The smallest absolute Gasteiger partial charge is 0.236 e. The summed E-state index contributed by atoms with van der Waals surface area (Å²) in [6.45, 7) is 3.64. The van der Waals surface area contributed by atoms with Gasteiger partial charge in [-0.25, -0.2) is 0 Å². The van der Waals surface area contributed by atoms with E-state index in [1.54, 1.807) is 0 Å². The third kappa shape index (κ3) is 3.48. The van der Waals surface area contributed by atoms with Crippen molar-refractivity contribution in [3.05, 3.63) is 35.9 Å². The SMILES string of the molecule is O=C1CNCCN1C1CCCN(C(=O)C2(Cc3ccccc3)CC3CCC2C3)C1. The number of carbonyl (C=O) groups is 2. The number of rotatable bonds is 4. The molecule has 1 N–H and O–H groups in total. The molecule has 4 atom stereocenters. The van der Waals surface area contributed by atoms with Gasteiger partial charge < -0.3 is 15.1 Å². The van der Waals surface area contributed by atoms with Gasteiger partial charge in [-0.2, -0.15) is 0 Å². The zero-order valence-corrected chi connectivity index (χ0v) is 17.3. The number of fused-ring (bicyclic) bond motifs is 2. The maximum Gasteiger partial charge on any atom is 0.236 e. The number of piperazine rings is 1. The fraction of sp³-hybridized carbons (Fsp3) is 0.667. The fourth-order valence-electron chi connectivity index (χ4n) is 6.67. The first kappa shape index (κ1) is 19.1. The number of hydrogen-bond donors (Lipinski definition) is 1. The molecule has 4 unspecified atom stereocenters. The van der Waals surface area contributed by atoms with Gasteiger partial charge in [-0.3, -0.25) is 9.59 Å². The monoisotopic (exact) mass is 395 g/mol. The van der Waals surface area contributed by atoms with Crippen LogP contribution in [0.5, 0.6) is 0 Å². The molecule has 0 aromatic heterocycles. The zero-order valence-electron chi connectivity index (χ0n) is 17.3. The Morgan fingerprint density at radius 2 is 2.00 bits per heavy atom. The Balaban J connectivity index is 1.37. The predicted octanol–water partition coefficient (Wildman–Crippen LogP) is 2.46. The van der Waals surface area contributed by atoms with E-state index in [0.717, 1.165) is 57.8 Å². The summed E-state index contributed by atoms with van der Waals surface area (Å²) in [6, 6.07) is 10.8. The van der Waals surface area contributed by atoms with Crippen LogP contribution < -0.4 is 5.32 Å². The van der Waals surface area contributed by atoms with Gasteiger partial charge in [0.1, 0.15) is 0 Å². The molecule has 29 heavy (non-hydrogen) atoms. The fourth-order valence-corrected chi connectivity index (χ4v) is 6.67. The van der Waals surface area contributed by atoms with Crippen LogP contribution in [0.25, 0.3) is 0 Å². The number of nitrogens with one attached hydrogen (secondary N) is 1. The number of hydrogen-bond acceptors (Lipinski definition) is 3. The minimum Gasteiger partial charge on any atom is -0.340 e. The molecule has 2 aliphatic carbocycles. The highest BCUT2D eigenvalue weighted by Gasteiger charge is 2.56. The Morgan fingerprint density at radius 1 is 1.14 bits per heavy atom. The molecule has 2 saturated carbocycles. The summed E-state index contributed by atoms with van der Waals surface area (Å²) >= 11 is 0. The highest BCUT2D eigenvalue weighted by atomic mass is 16.2. The second-order valence-corrected chi connectivity index (χ2v) is 9.71. The molecule has 156 valence electrons. The van der Waals surface area contributed by atoms with Gasteiger partial charge in [-0.05, 0) is 55.9 Å². The highest BCUT2D eigenvalue weighted by molar-refractivity contribution is 5.84. The summed E-state index contributed by atoms with van der Waals surface area (Å²) < 4.78 is 0. The number of benzene rings is 1. The number of piperidine rings is 1. The van der Waals surface area contributed by atoms with Crippen molar-refractivity contribution in [3.8, 4) is 0 Å². The van der Waals surface area contributed by atoms with Crippen LogP contribution in [0.3, 0.4) is 0 Å². The van der Waals surface area contributed by atoms with Crippen molar-refractivity contribution < 1.29 is 9.59 Å². The predicted molar refractivity (Wildman–Crippen MR) is 112 cm³/mol. The minimum absolute atomic E-state index is 0.189. The van der Waals surface area contributed by atoms with E-state index in [4.69, 9.17) is 0 Å². The summed E-state index contributed by atoms with van der Waals surface area (Å²) in [6.07, 6.45) is 7.69. The van der Waals surface area contributed by atoms with Crippen molar-refractivity contribution >= 4 is 11.8 Å². The Morgan fingerprint density at radius 3 is 2.72 bits per heavy atom. The summed E-state index contributed by atoms with van der Waals surface area (Å²) in [5.74, 6) is 1.82. The maximum atomic E-state index is 14.0. The largest absolute Gasteiger partial charge is 0.340 e. The van der Waals surface area contributed by atoms with Crippen LogP contribution in [-0.2, 0) is 16.0 Å². The quantitative estimate of drug-likeness (QED) is 0.852. The van der Waals surface area contributed by atoms with E-state index in [9.17, 15) is 9.59 Å². The van der Waals surface area contributed by atoms with Crippen LogP contribution in [0, 0.1) is 17.3 Å². The summed E-state index contributed by atoms with van der Waals surface area (Å²) in [4.78, 5) is 30.6. The lowest BCUT2D eigenvalue weighted by Gasteiger charge is -2.45. The van der Waals surface area contributed by atoms with Gasteiger partial charge in [-0.1, -0.05) is 36.8 Å². The molecule has 0 radical (unpaired) electrons. The lowest BCUT2D eigenvalue weighted by Crippen LogP contribution is -2.59. The van der Waals surface area contributed by atoms with Crippen LogP contribution in [-0.4, -0.2) is 60.4 Å². The molecule has 1 aromatic rings. The van der Waals surface area contributed by atoms with Crippen molar-refractivity contribution in [1.29, 1.82) is 0 Å². The van der Waals surface area contributed by atoms with Crippen LogP contribution in [0.2, 0.25) is 0 Å². The average molecular weight is 396 g/mol. The van der Waals surface area contributed by atoms with Crippen molar-refractivity contribution in [2.24, 2.45) is 17.3 Å². The van der Waals surface area contributed by atoms with E-state index in [2.05, 4.69) is 40.5 Å². The van der Waals surface area contributed by atoms with Crippen molar-refractivity contribution in [2.45, 2.75) is 51.0 Å². The van der Waals surface area contributed by atoms with E-state index in [1.807, 2.05) is 4.90 Å². The van der Waals surface area contributed by atoms with Gasteiger partial charge in [0, 0.05) is 32.2 Å². The second-order valence-electron chi connectivity index (χ2n) is 9.71. The molecule has 4 fully saturated rings. The van der Waals surface area contributed by atoms with Gasteiger partial charge in [0.25, 0.3) is 0 Å². The molecular weight excluding hydrogens is 362 g/mol. The van der Waals surface area contributed by atoms with Crippen molar-refractivity contribution in [1.82, 2.24) is 15.1 Å². The third-order valence-corrected chi connectivity index (χ3v) is 8.01. The lowest BCUT2D eigenvalue weighted by molar-refractivity contribution is -0.150. The summed E-state index contributed by atoms with van der Waals surface area (Å²) in [5.41, 5.74) is 1.07. The Bertz CT molecular complexity index is 767. The first-order valence-electron chi connectivity index (χ1n) is 11.5. The van der Waals surface area contributed by atoms with E-state index in [0.29, 0.717) is 18.4 Å². The van der Waals surface area contributed by atoms with Gasteiger partial charge in [0.15, 0.2) is 0 Å². The third-order valence-electron chi connectivity index (χ3n) is 8.01. The van der Waals surface area contributed by atoms with Gasteiger partial charge >= 0.3 is 0 Å². The molecule has 2 amide bonds. The Hall–Kier alpha value is -1.88. The first-order chi connectivity index (χ1) is 14.2.